The number of carbonyl (C=O) groups excluding carboxylic acids is 2. The number of nitrogens with zero attached hydrogens (tertiary/aromatic N) is 1. The Bertz CT molecular complexity index is 1090. The first-order chi connectivity index (χ1) is 15.9. The van der Waals surface area contributed by atoms with Gasteiger partial charge in [-0.05, 0) is 30.7 Å². The summed E-state index contributed by atoms with van der Waals surface area (Å²) in [6.07, 6.45) is -0.136. The van der Waals surface area contributed by atoms with Crippen LogP contribution < -0.4 is 5.32 Å². The third-order valence-corrected chi connectivity index (χ3v) is 5.66. The van der Waals surface area contributed by atoms with Gasteiger partial charge >= 0.3 is 0 Å². The minimum atomic E-state index is -0.926. The zero-order chi connectivity index (χ0) is 23.8. The van der Waals surface area contributed by atoms with E-state index in [0.717, 1.165) is 5.56 Å². The molecular formula is C26H25ClF2N2O2. The van der Waals surface area contributed by atoms with Gasteiger partial charge in [-0.15, -0.1) is 0 Å². The van der Waals surface area contributed by atoms with Crippen molar-refractivity contribution >= 4 is 23.4 Å². The predicted octanol–water partition coefficient (Wildman–Crippen LogP) is 4.94. The van der Waals surface area contributed by atoms with E-state index < -0.39 is 23.6 Å². The van der Waals surface area contributed by atoms with Crippen LogP contribution in [-0.4, -0.2) is 29.3 Å². The zero-order valence-electron chi connectivity index (χ0n) is 18.2. The quantitative estimate of drug-likeness (QED) is 0.481. The number of benzene rings is 3. The largest absolute Gasteiger partial charge is 0.355 e. The lowest BCUT2D eigenvalue weighted by molar-refractivity contribution is -0.140. The van der Waals surface area contributed by atoms with Gasteiger partial charge in [0, 0.05) is 35.7 Å². The Balaban J connectivity index is 2.01. The van der Waals surface area contributed by atoms with Gasteiger partial charge in [-0.2, -0.15) is 0 Å². The highest BCUT2D eigenvalue weighted by atomic mass is 35.5. The van der Waals surface area contributed by atoms with E-state index in [2.05, 4.69) is 5.32 Å². The Hall–Kier alpha value is -3.25. The van der Waals surface area contributed by atoms with Gasteiger partial charge in [0.2, 0.25) is 11.8 Å². The molecule has 33 heavy (non-hydrogen) atoms. The summed E-state index contributed by atoms with van der Waals surface area (Å²) in [6.45, 7) is 2.00. The fourth-order valence-electron chi connectivity index (χ4n) is 3.61. The van der Waals surface area contributed by atoms with E-state index in [9.17, 15) is 18.4 Å². The number of carbonyl (C=O) groups is 2. The first-order valence-electron chi connectivity index (χ1n) is 10.7. The first kappa shape index (κ1) is 24.4. The Morgan fingerprint density at radius 1 is 0.939 bits per heavy atom. The summed E-state index contributed by atoms with van der Waals surface area (Å²) in [4.78, 5) is 27.8. The summed E-state index contributed by atoms with van der Waals surface area (Å²) >= 11 is 6.14. The molecule has 7 heteroatoms. The first-order valence-corrected chi connectivity index (χ1v) is 11.1. The molecule has 3 aromatic rings. The lowest BCUT2D eigenvalue weighted by Crippen LogP contribution is -2.51. The molecular weight excluding hydrogens is 446 g/mol. The van der Waals surface area contributed by atoms with Crippen molar-refractivity contribution in [3.8, 4) is 0 Å². The molecule has 0 heterocycles. The highest BCUT2D eigenvalue weighted by Crippen LogP contribution is 2.23. The average Bonchev–Trinajstić information content (AvgIpc) is 2.80. The number of hydrogen-bond donors (Lipinski definition) is 1. The van der Waals surface area contributed by atoms with Crippen molar-refractivity contribution in [2.45, 2.75) is 32.4 Å². The lowest BCUT2D eigenvalue weighted by atomic mass is 10.0. The third-order valence-electron chi connectivity index (χ3n) is 5.31. The second-order valence-electron chi connectivity index (χ2n) is 7.59. The van der Waals surface area contributed by atoms with Gasteiger partial charge in [-0.25, -0.2) is 8.78 Å². The number of rotatable bonds is 9. The molecule has 0 bridgehead atoms. The molecule has 3 aromatic carbocycles. The molecule has 1 atom stereocenters. The van der Waals surface area contributed by atoms with Crippen LogP contribution in [0.3, 0.4) is 0 Å². The average molecular weight is 471 g/mol. The minimum absolute atomic E-state index is 0.0389. The second-order valence-corrected chi connectivity index (χ2v) is 8.00. The van der Waals surface area contributed by atoms with E-state index in [4.69, 9.17) is 11.6 Å². The molecule has 0 aliphatic carbocycles. The molecule has 172 valence electrons. The van der Waals surface area contributed by atoms with Crippen molar-refractivity contribution < 1.29 is 18.4 Å². The summed E-state index contributed by atoms with van der Waals surface area (Å²) in [5.41, 5.74) is 1.13. The topological polar surface area (TPSA) is 49.4 Å². The molecule has 0 unspecified atom stereocenters. The monoisotopic (exact) mass is 470 g/mol. The Morgan fingerprint density at radius 2 is 1.61 bits per heavy atom. The van der Waals surface area contributed by atoms with Crippen LogP contribution in [0.2, 0.25) is 5.02 Å². The zero-order valence-corrected chi connectivity index (χ0v) is 19.0. The van der Waals surface area contributed by atoms with Crippen LogP contribution in [0.1, 0.15) is 23.6 Å². The molecule has 4 nitrogen and oxygen atoms in total. The van der Waals surface area contributed by atoms with Gasteiger partial charge in [-0.1, -0.05) is 66.2 Å². The molecule has 0 saturated carbocycles. The van der Waals surface area contributed by atoms with Crippen LogP contribution in [0.25, 0.3) is 0 Å². The molecule has 0 aliphatic rings. The van der Waals surface area contributed by atoms with E-state index in [1.165, 1.54) is 29.2 Å². The maximum atomic E-state index is 14.5. The van der Waals surface area contributed by atoms with E-state index in [1.807, 2.05) is 30.3 Å². The highest BCUT2D eigenvalue weighted by Gasteiger charge is 2.31. The van der Waals surface area contributed by atoms with Crippen molar-refractivity contribution in [3.63, 3.8) is 0 Å². The lowest BCUT2D eigenvalue weighted by Gasteiger charge is -2.31. The van der Waals surface area contributed by atoms with Gasteiger partial charge in [0.1, 0.15) is 17.7 Å². The standard InChI is InChI=1S/C26H25ClF2N2O2/c1-2-30-26(33)24(15-18-9-4-3-5-10-18)31(17-19-11-6-7-13-22(19)28)25(32)16-20-21(27)12-8-14-23(20)29/h3-14,24H,2,15-17H2,1H3,(H,30,33)/t24-/m0/s1. The van der Waals surface area contributed by atoms with Gasteiger partial charge in [0.15, 0.2) is 0 Å². The molecule has 0 radical (unpaired) electrons. The Morgan fingerprint density at radius 3 is 2.27 bits per heavy atom. The minimum Gasteiger partial charge on any atom is -0.355 e. The summed E-state index contributed by atoms with van der Waals surface area (Å²) in [6, 6.07) is 18.6. The van der Waals surface area contributed by atoms with Crippen molar-refractivity contribution in [3.05, 3.63) is 106 Å². The molecule has 1 N–H and O–H groups in total. The number of hydrogen-bond acceptors (Lipinski definition) is 2. The normalized spacial score (nSPS) is 11.6. The Labute approximate surface area is 197 Å². The number of nitrogens with one attached hydrogen (secondary N) is 1. The summed E-state index contributed by atoms with van der Waals surface area (Å²) < 4.78 is 28.9. The predicted molar refractivity (Wildman–Crippen MR) is 125 cm³/mol. The van der Waals surface area contributed by atoms with Crippen LogP contribution in [-0.2, 0) is 29.0 Å². The number of amides is 2. The molecule has 0 aliphatic heterocycles. The van der Waals surface area contributed by atoms with Crippen LogP contribution in [0.5, 0.6) is 0 Å². The van der Waals surface area contributed by atoms with Crippen molar-refractivity contribution in [2.75, 3.05) is 6.54 Å². The van der Waals surface area contributed by atoms with Crippen LogP contribution in [0.15, 0.2) is 72.8 Å². The van der Waals surface area contributed by atoms with Gasteiger partial charge in [-0.3, -0.25) is 9.59 Å². The van der Waals surface area contributed by atoms with Crippen molar-refractivity contribution in [1.29, 1.82) is 0 Å². The maximum absolute atomic E-state index is 14.5. The van der Waals surface area contributed by atoms with Crippen molar-refractivity contribution in [2.24, 2.45) is 0 Å². The van der Waals surface area contributed by atoms with Gasteiger partial charge in [0.25, 0.3) is 0 Å². The molecule has 2 amide bonds. The smallest absolute Gasteiger partial charge is 0.243 e. The molecule has 0 saturated heterocycles. The molecule has 0 fully saturated rings. The Kier molecular flexibility index (Phi) is 8.55. The second kappa shape index (κ2) is 11.6. The molecule has 3 rings (SSSR count). The highest BCUT2D eigenvalue weighted by molar-refractivity contribution is 6.31. The van der Waals surface area contributed by atoms with Gasteiger partial charge in [0.05, 0.1) is 6.42 Å². The van der Waals surface area contributed by atoms with E-state index in [1.54, 1.807) is 25.1 Å². The fourth-order valence-corrected chi connectivity index (χ4v) is 3.84. The molecule has 0 spiro atoms. The van der Waals surface area contributed by atoms with E-state index in [-0.39, 0.29) is 41.4 Å². The number of halogens is 3. The molecule has 0 aromatic heterocycles. The number of likely N-dealkylation sites (N-methyl/N-ethyl adjacent to an activating group) is 1. The van der Waals surface area contributed by atoms with E-state index >= 15 is 0 Å². The van der Waals surface area contributed by atoms with E-state index in [0.29, 0.717) is 6.54 Å². The van der Waals surface area contributed by atoms with Gasteiger partial charge < -0.3 is 10.2 Å². The summed E-state index contributed by atoms with van der Waals surface area (Å²) in [5, 5.41) is 2.88. The maximum Gasteiger partial charge on any atom is 0.243 e. The van der Waals surface area contributed by atoms with Crippen LogP contribution in [0.4, 0.5) is 8.78 Å². The van der Waals surface area contributed by atoms with Crippen LogP contribution >= 0.6 is 11.6 Å². The fraction of sp³-hybridized carbons (Fsp3) is 0.231. The van der Waals surface area contributed by atoms with Crippen LogP contribution in [0, 0.1) is 11.6 Å². The summed E-state index contributed by atoms with van der Waals surface area (Å²) in [5.74, 6) is -2.00. The third kappa shape index (κ3) is 6.39. The van der Waals surface area contributed by atoms with Crippen molar-refractivity contribution in [1.82, 2.24) is 10.2 Å². The summed E-state index contributed by atoms with van der Waals surface area (Å²) in [7, 11) is 0. The SMILES string of the molecule is CCNC(=O)[C@H](Cc1ccccc1)N(Cc1ccccc1F)C(=O)Cc1c(F)cccc1Cl.